The van der Waals surface area contributed by atoms with Crippen LogP contribution in [-0.4, -0.2) is 27.6 Å². The molecule has 3 nitrogen and oxygen atoms in total. The van der Waals surface area contributed by atoms with Crippen molar-refractivity contribution in [3.63, 3.8) is 0 Å². The molecule has 0 N–H and O–H groups in total. The molecule has 2 rings (SSSR count). The van der Waals surface area contributed by atoms with Crippen molar-refractivity contribution in [3.05, 3.63) is 12.2 Å². The number of anilines is 1. The third-order valence-electron chi connectivity index (χ3n) is 2.79. The molecule has 0 spiro atoms. The van der Waals surface area contributed by atoms with Gasteiger partial charge in [-0.05, 0) is 18.6 Å². The maximum Gasteiger partial charge on any atom is 0.177 e. The van der Waals surface area contributed by atoms with E-state index in [-0.39, 0.29) is 0 Å². The number of rotatable bonds is 6. The Kier molecular flexibility index (Phi) is 5.32. The van der Waals surface area contributed by atoms with Crippen molar-refractivity contribution in [2.75, 3.05) is 23.7 Å². The van der Waals surface area contributed by atoms with Crippen LogP contribution in [0.3, 0.4) is 0 Å². The minimum Gasteiger partial charge on any atom is -0.349 e. The Balaban J connectivity index is 1.89. The van der Waals surface area contributed by atoms with Crippen molar-refractivity contribution in [1.82, 2.24) is 8.75 Å². The van der Waals surface area contributed by atoms with Crippen LogP contribution in [0.25, 0.3) is 0 Å². The molecular weight excluding hydrogens is 250 g/mol. The number of hydrogen-bond donors (Lipinski definition) is 0. The van der Waals surface area contributed by atoms with E-state index in [1.54, 1.807) is 0 Å². The summed E-state index contributed by atoms with van der Waals surface area (Å²) in [5.41, 5.74) is 0. The van der Waals surface area contributed by atoms with E-state index in [2.05, 4.69) is 32.7 Å². The maximum absolute atomic E-state index is 4.44. The van der Waals surface area contributed by atoms with Gasteiger partial charge in [0.1, 0.15) is 0 Å². The lowest BCUT2D eigenvalue weighted by Gasteiger charge is -2.23. The number of aromatic nitrogens is 2. The molecule has 0 saturated carbocycles. The number of unbranched alkanes of at least 4 members (excludes halogenated alkanes) is 2. The minimum absolute atomic E-state index is 0.980. The summed E-state index contributed by atoms with van der Waals surface area (Å²) < 4.78 is 8.86. The first-order valence-electron chi connectivity index (χ1n) is 6.27. The Morgan fingerprint density at radius 2 is 2.29 bits per heavy atom. The lowest BCUT2D eigenvalue weighted by molar-refractivity contribution is 0.777. The van der Waals surface area contributed by atoms with E-state index in [1.165, 1.54) is 31.0 Å². The van der Waals surface area contributed by atoms with Crippen molar-refractivity contribution < 1.29 is 0 Å². The first-order chi connectivity index (χ1) is 8.42. The van der Waals surface area contributed by atoms with Crippen LogP contribution < -0.4 is 4.90 Å². The van der Waals surface area contributed by atoms with Crippen molar-refractivity contribution in [1.29, 1.82) is 0 Å². The highest BCUT2D eigenvalue weighted by molar-refractivity contribution is 7.99. The summed E-state index contributed by atoms with van der Waals surface area (Å²) in [5.74, 6) is 2.26. The van der Waals surface area contributed by atoms with Gasteiger partial charge in [0.05, 0.1) is 11.7 Å². The standard InChI is InChI=1S/C12H19N3S2/c1-2-3-7-10-16-12-11(13-17-14-12)15-8-5-4-6-9-15/h4-5H,2-3,6-10H2,1H3. The van der Waals surface area contributed by atoms with Gasteiger partial charge in [-0.25, -0.2) is 0 Å². The average molecular weight is 269 g/mol. The molecule has 1 aliphatic heterocycles. The Bertz CT molecular complexity index is 362. The zero-order chi connectivity index (χ0) is 11.9. The number of nitrogens with zero attached hydrogens (tertiary/aromatic N) is 3. The predicted octanol–water partition coefficient (Wildman–Crippen LogP) is 3.59. The SMILES string of the molecule is CCCCCSc1nsnc1N1CC=CCC1. The van der Waals surface area contributed by atoms with E-state index in [0.29, 0.717) is 0 Å². The van der Waals surface area contributed by atoms with Gasteiger partial charge >= 0.3 is 0 Å². The summed E-state index contributed by atoms with van der Waals surface area (Å²) >= 11 is 3.20. The Morgan fingerprint density at radius 1 is 1.35 bits per heavy atom. The van der Waals surface area contributed by atoms with Crippen LogP contribution in [-0.2, 0) is 0 Å². The largest absolute Gasteiger partial charge is 0.349 e. The van der Waals surface area contributed by atoms with Crippen LogP contribution in [0.1, 0.15) is 32.6 Å². The summed E-state index contributed by atoms with van der Waals surface area (Å²) in [4.78, 5) is 2.33. The summed E-state index contributed by atoms with van der Waals surface area (Å²) in [5, 5.41) is 1.13. The van der Waals surface area contributed by atoms with Crippen molar-refractivity contribution >= 4 is 29.3 Å². The fraction of sp³-hybridized carbons (Fsp3) is 0.667. The molecule has 1 aromatic rings. The molecule has 0 saturated heterocycles. The van der Waals surface area contributed by atoms with Gasteiger partial charge in [0.2, 0.25) is 0 Å². The molecule has 0 aliphatic carbocycles. The summed E-state index contributed by atoms with van der Waals surface area (Å²) in [6.45, 7) is 4.29. The van der Waals surface area contributed by atoms with E-state index in [0.717, 1.165) is 36.1 Å². The molecule has 0 aromatic carbocycles. The first-order valence-corrected chi connectivity index (χ1v) is 7.98. The Hall–Kier alpha value is -0.550. The fourth-order valence-corrected chi connectivity index (χ4v) is 3.50. The van der Waals surface area contributed by atoms with E-state index < -0.39 is 0 Å². The molecule has 0 atom stereocenters. The first kappa shape index (κ1) is 12.9. The second-order valence-corrected chi connectivity index (χ2v) is 5.77. The quantitative estimate of drug-likeness (QED) is 0.448. The number of thioether (sulfide) groups is 1. The van der Waals surface area contributed by atoms with Gasteiger partial charge in [0.25, 0.3) is 0 Å². The van der Waals surface area contributed by atoms with E-state index in [4.69, 9.17) is 0 Å². The van der Waals surface area contributed by atoms with Gasteiger partial charge < -0.3 is 4.90 Å². The van der Waals surface area contributed by atoms with Gasteiger partial charge in [-0.15, -0.1) is 11.8 Å². The zero-order valence-electron chi connectivity index (χ0n) is 10.3. The van der Waals surface area contributed by atoms with Gasteiger partial charge in [-0.3, -0.25) is 0 Å². The molecule has 5 heteroatoms. The van der Waals surface area contributed by atoms with E-state index in [1.807, 2.05) is 11.8 Å². The third kappa shape index (κ3) is 3.71. The topological polar surface area (TPSA) is 29.0 Å². The van der Waals surface area contributed by atoms with Gasteiger partial charge in [-0.1, -0.05) is 31.9 Å². The normalized spacial score (nSPS) is 15.5. The third-order valence-corrected chi connectivity index (χ3v) is 4.46. The Morgan fingerprint density at radius 3 is 3.06 bits per heavy atom. The molecule has 2 heterocycles. The Labute approximate surface area is 112 Å². The molecule has 0 fully saturated rings. The van der Waals surface area contributed by atoms with Crippen LogP contribution >= 0.6 is 23.5 Å². The van der Waals surface area contributed by atoms with Crippen molar-refractivity contribution in [2.45, 2.75) is 37.6 Å². The smallest absolute Gasteiger partial charge is 0.177 e. The highest BCUT2D eigenvalue weighted by Crippen LogP contribution is 2.29. The fourth-order valence-electron chi connectivity index (χ4n) is 1.81. The second kappa shape index (κ2) is 7.01. The molecule has 94 valence electrons. The van der Waals surface area contributed by atoms with Crippen LogP contribution in [0.2, 0.25) is 0 Å². The maximum atomic E-state index is 4.44. The molecule has 0 radical (unpaired) electrons. The molecule has 0 bridgehead atoms. The second-order valence-electron chi connectivity index (χ2n) is 4.15. The lowest BCUT2D eigenvalue weighted by Crippen LogP contribution is -2.27. The summed E-state index contributed by atoms with van der Waals surface area (Å²) in [6.07, 6.45) is 9.44. The highest BCUT2D eigenvalue weighted by Gasteiger charge is 2.16. The van der Waals surface area contributed by atoms with Crippen LogP contribution in [0.4, 0.5) is 5.82 Å². The van der Waals surface area contributed by atoms with Crippen molar-refractivity contribution in [2.24, 2.45) is 0 Å². The van der Waals surface area contributed by atoms with Crippen LogP contribution in [0.15, 0.2) is 17.2 Å². The molecule has 0 unspecified atom stereocenters. The molecule has 1 aromatic heterocycles. The predicted molar refractivity (Wildman–Crippen MR) is 76.1 cm³/mol. The number of hydrogen-bond acceptors (Lipinski definition) is 5. The minimum atomic E-state index is 0.980. The van der Waals surface area contributed by atoms with Crippen LogP contribution in [0.5, 0.6) is 0 Å². The van der Waals surface area contributed by atoms with Gasteiger partial charge in [-0.2, -0.15) is 8.75 Å². The van der Waals surface area contributed by atoms with E-state index >= 15 is 0 Å². The monoisotopic (exact) mass is 269 g/mol. The summed E-state index contributed by atoms with van der Waals surface area (Å²) in [7, 11) is 0. The molecular formula is C12H19N3S2. The molecule has 17 heavy (non-hydrogen) atoms. The van der Waals surface area contributed by atoms with E-state index in [9.17, 15) is 0 Å². The summed E-state index contributed by atoms with van der Waals surface area (Å²) in [6, 6.07) is 0. The van der Waals surface area contributed by atoms with Gasteiger partial charge in [0, 0.05) is 13.1 Å². The van der Waals surface area contributed by atoms with Crippen LogP contribution in [0, 0.1) is 0 Å². The molecule has 0 amide bonds. The van der Waals surface area contributed by atoms with Gasteiger partial charge in [0.15, 0.2) is 10.8 Å². The average Bonchev–Trinajstić information content (AvgIpc) is 2.84. The lowest BCUT2D eigenvalue weighted by atomic mass is 10.2. The molecule has 1 aliphatic rings. The van der Waals surface area contributed by atoms with Crippen molar-refractivity contribution in [3.8, 4) is 0 Å². The zero-order valence-corrected chi connectivity index (χ0v) is 11.9. The highest BCUT2D eigenvalue weighted by atomic mass is 32.2.